The fourth-order valence-electron chi connectivity index (χ4n) is 3.80. The minimum atomic E-state index is -1.99. The average molecular weight is 401 g/mol. The molecule has 0 aliphatic carbocycles. The van der Waals surface area contributed by atoms with Crippen molar-refractivity contribution in [2.75, 3.05) is 0 Å². The number of rotatable bonds is 7. The van der Waals surface area contributed by atoms with Crippen molar-refractivity contribution < 1.29 is 9.53 Å². The highest BCUT2D eigenvalue weighted by atomic mass is 79.9. The molecule has 1 rings (SSSR count). The predicted molar refractivity (Wildman–Crippen MR) is 106 cm³/mol. The summed E-state index contributed by atoms with van der Waals surface area (Å²) in [6.45, 7) is 17.4. The third-order valence-electron chi connectivity index (χ3n) is 4.64. The van der Waals surface area contributed by atoms with E-state index < -0.39 is 13.9 Å². The number of aliphatic hydroxyl groups is 1. The van der Waals surface area contributed by atoms with E-state index in [2.05, 4.69) is 69.6 Å². The minimum Gasteiger partial charge on any atom is -0.543 e. The number of benzene rings is 1. The molecule has 0 unspecified atom stereocenters. The van der Waals surface area contributed by atoms with Crippen molar-refractivity contribution >= 4 is 24.2 Å². The summed E-state index contributed by atoms with van der Waals surface area (Å²) in [5.41, 5.74) is 1.91. The largest absolute Gasteiger partial charge is 0.543 e. The van der Waals surface area contributed by atoms with Crippen molar-refractivity contribution in [2.24, 2.45) is 0 Å². The van der Waals surface area contributed by atoms with Gasteiger partial charge in [0.25, 0.3) is 8.32 Å². The van der Waals surface area contributed by atoms with Crippen LogP contribution in [0.5, 0.6) is 5.75 Å². The molecule has 0 spiro atoms. The summed E-state index contributed by atoms with van der Waals surface area (Å²) in [4.78, 5) is 0. The number of halogens is 1. The second kappa shape index (κ2) is 7.71. The molecule has 132 valence electrons. The molecule has 0 bridgehead atoms. The van der Waals surface area contributed by atoms with Gasteiger partial charge in [0.1, 0.15) is 5.75 Å². The van der Waals surface area contributed by atoms with Crippen LogP contribution in [0.3, 0.4) is 0 Å². The number of hydrogen-bond acceptors (Lipinski definition) is 2. The van der Waals surface area contributed by atoms with Crippen LogP contribution in [-0.2, 0) is 6.42 Å². The third kappa shape index (κ3) is 5.07. The van der Waals surface area contributed by atoms with Gasteiger partial charge >= 0.3 is 0 Å². The van der Waals surface area contributed by atoms with Gasteiger partial charge in [-0.3, -0.25) is 0 Å². The van der Waals surface area contributed by atoms with Gasteiger partial charge in [-0.1, -0.05) is 57.5 Å². The van der Waals surface area contributed by atoms with Gasteiger partial charge in [0.15, 0.2) is 0 Å². The first-order valence-corrected chi connectivity index (χ1v) is 11.5. The van der Waals surface area contributed by atoms with E-state index in [0.29, 0.717) is 23.0 Å². The predicted octanol–water partition coefficient (Wildman–Crippen LogP) is 6.32. The van der Waals surface area contributed by atoms with Gasteiger partial charge in [-0.2, -0.15) is 0 Å². The molecular formula is C19H33BrO2Si. The zero-order valence-electron chi connectivity index (χ0n) is 15.9. The van der Waals surface area contributed by atoms with Gasteiger partial charge < -0.3 is 9.53 Å². The summed E-state index contributed by atoms with van der Waals surface area (Å²) < 4.78 is 7.85. The lowest BCUT2D eigenvalue weighted by Crippen LogP contribution is -2.51. The Kier molecular flexibility index (Phi) is 6.94. The molecule has 0 aliphatic rings. The fourth-order valence-corrected chi connectivity index (χ4v) is 9.49. The molecule has 0 fully saturated rings. The van der Waals surface area contributed by atoms with Gasteiger partial charge in [-0.05, 0) is 54.2 Å². The first kappa shape index (κ1) is 20.7. The van der Waals surface area contributed by atoms with Crippen molar-refractivity contribution in [3.63, 3.8) is 0 Å². The Morgan fingerprint density at radius 1 is 1.04 bits per heavy atom. The van der Waals surface area contributed by atoms with Crippen molar-refractivity contribution in [3.8, 4) is 5.75 Å². The quantitative estimate of drug-likeness (QED) is 0.542. The fraction of sp³-hybridized carbons (Fsp3) is 0.684. The zero-order chi connectivity index (χ0) is 18.0. The lowest BCUT2D eigenvalue weighted by atomic mass is 9.98. The van der Waals surface area contributed by atoms with Gasteiger partial charge in [0, 0.05) is 10.9 Å². The van der Waals surface area contributed by atoms with Crippen molar-refractivity contribution in [3.05, 3.63) is 28.2 Å². The van der Waals surface area contributed by atoms with E-state index in [1.807, 2.05) is 19.9 Å². The third-order valence-corrected chi connectivity index (χ3v) is 11.1. The second-order valence-electron chi connectivity index (χ2n) is 8.16. The molecule has 2 nitrogen and oxygen atoms in total. The highest BCUT2D eigenvalue weighted by Gasteiger charge is 2.47. The molecule has 0 aliphatic heterocycles. The molecular weight excluding hydrogens is 368 g/mol. The summed E-state index contributed by atoms with van der Waals surface area (Å²) >= 11 is 3.54. The van der Waals surface area contributed by atoms with E-state index in [9.17, 15) is 5.11 Å². The zero-order valence-corrected chi connectivity index (χ0v) is 18.5. The first-order chi connectivity index (χ1) is 10.4. The minimum absolute atomic E-state index is 0.529. The molecule has 4 heteroatoms. The Morgan fingerprint density at radius 2 is 1.52 bits per heavy atom. The first-order valence-electron chi connectivity index (χ1n) is 8.60. The maximum absolute atomic E-state index is 10.3. The van der Waals surface area contributed by atoms with Crippen LogP contribution in [0.2, 0.25) is 16.6 Å². The highest BCUT2D eigenvalue weighted by Crippen LogP contribution is 2.44. The van der Waals surface area contributed by atoms with Crippen molar-refractivity contribution in [1.29, 1.82) is 0 Å². The lowest BCUT2D eigenvalue weighted by Gasteiger charge is -2.42. The Labute approximate surface area is 151 Å². The van der Waals surface area contributed by atoms with Crippen LogP contribution in [0.1, 0.15) is 61.0 Å². The van der Waals surface area contributed by atoms with Gasteiger partial charge in [-0.15, -0.1) is 0 Å². The Bertz CT molecular complexity index is 497. The molecule has 0 aromatic heterocycles. The van der Waals surface area contributed by atoms with Crippen molar-refractivity contribution in [1.82, 2.24) is 0 Å². The van der Waals surface area contributed by atoms with Gasteiger partial charge in [0.2, 0.25) is 0 Å². The topological polar surface area (TPSA) is 29.5 Å². The van der Waals surface area contributed by atoms with Crippen LogP contribution in [0.4, 0.5) is 0 Å². The Balaban J connectivity index is 3.34. The van der Waals surface area contributed by atoms with E-state index in [1.165, 1.54) is 0 Å². The van der Waals surface area contributed by atoms with Crippen LogP contribution in [0.25, 0.3) is 0 Å². The lowest BCUT2D eigenvalue weighted by molar-refractivity contribution is 0.0804. The van der Waals surface area contributed by atoms with Crippen molar-refractivity contribution in [2.45, 2.75) is 84.0 Å². The van der Waals surface area contributed by atoms with Crippen LogP contribution < -0.4 is 4.43 Å². The smallest absolute Gasteiger partial charge is 0.258 e. The Hall–Kier alpha value is -0.323. The normalized spacial score (nSPS) is 13.3. The van der Waals surface area contributed by atoms with E-state index in [0.717, 1.165) is 15.8 Å². The molecule has 0 saturated carbocycles. The summed E-state index contributed by atoms with van der Waals surface area (Å²) in [5.74, 6) is 0.943. The molecule has 0 saturated heterocycles. The molecule has 1 aromatic carbocycles. The molecule has 0 heterocycles. The van der Waals surface area contributed by atoms with E-state index in [-0.39, 0.29) is 0 Å². The van der Waals surface area contributed by atoms with Crippen LogP contribution in [-0.4, -0.2) is 19.0 Å². The van der Waals surface area contributed by atoms with Gasteiger partial charge in [-0.25, -0.2) is 0 Å². The van der Waals surface area contributed by atoms with Crippen LogP contribution >= 0.6 is 15.9 Å². The summed E-state index contributed by atoms with van der Waals surface area (Å²) in [6, 6.07) is 6.16. The van der Waals surface area contributed by atoms with E-state index in [1.54, 1.807) is 0 Å². The average Bonchev–Trinajstić information content (AvgIpc) is 2.34. The Morgan fingerprint density at radius 3 is 1.91 bits per heavy atom. The SMILES string of the molecule is CC(C)[Si](Oc1ccc(Br)cc1CC(C)(C)O)(C(C)C)C(C)C. The van der Waals surface area contributed by atoms with Crippen LogP contribution in [0, 0.1) is 0 Å². The second-order valence-corrected chi connectivity index (χ2v) is 14.5. The molecule has 0 atom stereocenters. The number of hydrogen-bond donors (Lipinski definition) is 1. The molecule has 23 heavy (non-hydrogen) atoms. The molecule has 0 amide bonds. The summed E-state index contributed by atoms with van der Waals surface area (Å²) in [7, 11) is -1.99. The maximum atomic E-state index is 10.3. The summed E-state index contributed by atoms with van der Waals surface area (Å²) in [5, 5.41) is 10.3. The monoisotopic (exact) mass is 400 g/mol. The standard InChI is InChI=1S/C19H33BrO2Si/c1-13(2)23(14(3)4,15(5)6)22-18-10-9-17(20)11-16(18)12-19(7,8)21/h9-11,13-15,21H,12H2,1-8H3. The molecule has 1 aromatic rings. The van der Waals surface area contributed by atoms with E-state index in [4.69, 9.17) is 4.43 Å². The van der Waals surface area contributed by atoms with E-state index >= 15 is 0 Å². The van der Waals surface area contributed by atoms with Gasteiger partial charge in [0.05, 0.1) is 5.60 Å². The maximum Gasteiger partial charge on any atom is 0.258 e. The molecule has 1 N–H and O–H groups in total. The summed E-state index contributed by atoms with van der Waals surface area (Å²) in [6.07, 6.45) is 0.584. The highest BCUT2D eigenvalue weighted by molar-refractivity contribution is 9.10. The molecule has 0 radical (unpaired) electrons. The van der Waals surface area contributed by atoms with Crippen LogP contribution in [0.15, 0.2) is 22.7 Å².